The van der Waals surface area contributed by atoms with Gasteiger partial charge >= 0.3 is 0 Å². The molecule has 2 aromatic rings. The smallest absolute Gasteiger partial charge is 0.0691 e. The summed E-state index contributed by atoms with van der Waals surface area (Å²) in [6.07, 6.45) is 6.78. The number of allylic oxidation sites excluding steroid dienone is 3. The molecular weight excluding hydrogens is 316 g/mol. The predicted molar refractivity (Wildman–Crippen MR) is 113 cm³/mol. The van der Waals surface area contributed by atoms with Crippen molar-refractivity contribution in [2.24, 2.45) is 4.99 Å². The van der Waals surface area contributed by atoms with E-state index in [-0.39, 0.29) is 0 Å². The van der Waals surface area contributed by atoms with E-state index in [0.29, 0.717) is 5.92 Å². The number of hydrogen-bond acceptors (Lipinski definition) is 2. The standard InChI is InChI=1S/C24H28N2/c1-16-13-17(2)24(18(3)14-16)25-19(4)22-9-7-8-10-23(22)20-11-12-21(15-20)26(5)6/h7-15,20H,1-6H3. The molecule has 0 amide bonds. The lowest BCUT2D eigenvalue weighted by atomic mass is 9.93. The molecule has 1 aliphatic rings. The Kier molecular flexibility index (Phi) is 5.13. The Morgan fingerprint density at radius 2 is 1.65 bits per heavy atom. The van der Waals surface area contributed by atoms with E-state index in [1.54, 1.807) is 0 Å². The Labute approximate surface area is 157 Å². The van der Waals surface area contributed by atoms with E-state index < -0.39 is 0 Å². The van der Waals surface area contributed by atoms with E-state index in [2.05, 4.69) is 101 Å². The summed E-state index contributed by atoms with van der Waals surface area (Å²) in [6, 6.07) is 13.0. The first-order valence-corrected chi connectivity index (χ1v) is 9.16. The van der Waals surface area contributed by atoms with Crippen LogP contribution in [0.1, 0.15) is 40.7 Å². The second kappa shape index (κ2) is 7.33. The summed E-state index contributed by atoms with van der Waals surface area (Å²) >= 11 is 0. The molecule has 2 heteroatoms. The van der Waals surface area contributed by atoms with Crippen molar-refractivity contribution in [3.05, 3.63) is 88.1 Å². The van der Waals surface area contributed by atoms with Crippen LogP contribution in [-0.4, -0.2) is 24.7 Å². The number of hydrogen-bond donors (Lipinski definition) is 0. The van der Waals surface area contributed by atoms with Gasteiger partial charge in [0.25, 0.3) is 0 Å². The van der Waals surface area contributed by atoms with Gasteiger partial charge in [0, 0.05) is 31.4 Å². The highest BCUT2D eigenvalue weighted by Crippen LogP contribution is 2.31. The fourth-order valence-electron chi connectivity index (χ4n) is 3.68. The highest BCUT2D eigenvalue weighted by Gasteiger charge is 2.17. The summed E-state index contributed by atoms with van der Waals surface area (Å²) in [6.45, 7) is 8.54. The number of benzene rings is 2. The van der Waals surface area contributed by atoms with Crippen LogP contribution in [-0.2, 0) is 0 Å². The second-order valence-corrected chi connectivity index (χ2v) is 7.40. The molecule has 26 heavy (non-hydrogen) atoms. The van der Waals surface area contributed by atoms with Crippen molar-refractivity contribution in [2.75, 3.05) is 14.1 Å². The highest BCUT2D eigenvalue weighted by atomic mass is 15.1. The number of nitrogens with zero attached hydrogens (tertiary/aromatic N) is 2. The molecule has 2 nitrogen and oxygen atoms in total. The third-order valence-electron chi connectivity index (χ3n) is 4.97. The Balaban J connectivity index is 2.02. The molecule has 134 valence electrons. The van der Waals surface area contributed by atoms with Gasteiger partial charge in [-0.25, -0.2) is 0 Å². The van der Waals surface area contributed by atoms with Crippen LogP contribution in [0.15, 0.2) is 65.3 Å². The summed E-state index contributed by atoms with van der Waals surface area (Å²) in [5.41, 5.74) is 9.69. The zero-order valence-corrected chi connectivity index (χ0v) is 16.7. The van der Waals surface area contributed by atoms with E-state index in [1.807, 2.05) is 0 Å². The molecule has 0 aliphatic heterocycles. The zero-order chi connectivity index (χ0) is 18.8. The van der Waals surface area contributed by atoms with Crippen LogP contribution in [0, 0.1) is 20.8 Å². The molecule has 2 aromatic carbocycles. The lowest BCUT2D eigenvalue weighted by Gasteiger charge is -2.15. The van der Waals surface area contributed by atoms with Crippen LogP contribution in [0.4, 0.5) is 5.69 Å². The monoisotopic (exact) mass is 344 g/mol. The van der Waals surface area contributed by atoms with Gasteiger partial charge in [0.2, 0.25) is 0 Å². The van der Waals surface area contributed by atoms with Crippen LogP contribution in [0.25, 0.3) is 0 Å². The molecule has 0 bridgehead atoms. The topological polar surface area (TPSA) is 15.6 Å². The summed E-state index contributed by atoms with van der Waals surface area (Å²) in [5.74, 6) is 0.300. The fraction of sp³-hybridized carbons (Fsp3) is 0.292. The largest absolute Gasteiger partial charge is 0.378 e. The molecule has 1 unspecified atom stereocenters. The third kappa shape index (κ3) is 3.65. The summed E-state index contributed by atoms with van der Waals surface area (Å²) in [5, 5.41) is 0. The number of aryl methyl sites for hydroxylation is 3. The first-order valence-electron chi connectivity index (χ1n) is 9.16. The molecule has 1 aliphatic carbocycles. The van der Waals surface area contributed by atoms with Crippen LogP contribution < -0.4 is 0 Å². The molecule has 0 spiro atoms. The molecular formula is C24H28N2. The van der Waals surface area contributed by atoms with Gasteiger partial charge in [0.05, 0.1) is 5.69 Å². The van der Waals surface area contributed by atoms with E-state index in [1.165, 1.54) is 33.5 Å². The van der Waals surface area contributed by atoms with Crippen molar-refractivity contribution in [2.45, 2.75) is 33.6 Å². The minimum atomic E-state index is 0.300. The van der Waals surface area contributed by atoms with E-state index in [0.717, 1.165) is 11.4 Å². The number of rotatable bonds is 4. The summed E-state index contributed by atoms with van der Waals surface area (Å²) in [7, 11) is 4.17. The molecule has 0 N–H and O–H groups in total. The molecule has 0 radical (unpaired) electrons. The lowest BCUT2D eigenvalue weighted by Crippen LogP contribution is -2.08. The maximum atomic E-state index is 5.02. The van der Waals surface area contributed by atoms with E-state index in [4.69, 9.17) is 4.99 Å². The molecule has 0 heterocycles. The Hall–Kier alpha value is -2.61. The zero-order valence-electron chi connectivity index (χ0n) is 16.7. The van der Waals surface area contributed by atoms with Crippen molar-refractivity contribution in [1.82, 2.24) is 4.90 Å². The van der Waals surface area contributed by atoms with Crippen molar-refractivity contribution in [1.29, 1.82) is 0 Å². The maximum absolute atomic E-state index is 5.02. The summed E-state index contributed by atoms with van der Waals surface area (Å²) in [4.78, 5) is 7.17. The van der Waals surface area contributed by atoms with Crippen molar-refractivity contribution in [3.8, 4) is 0 Å². The van der Waals surface area contributed by atoms with Gasteiger partial charge in [0.1, 0.15) is 0 Å². The van der Waals surface area contributed by atoms with Crippen LogP contribution in [0.3, 0.4) is 0 Å². The van der Waals surface area contributed by atoms with Gasteiger partial charge in [-0.15, -0.1) is 0 Å². The van der Waals surface area contributed by atoms with Gasteiger partial charge in [0.15, 0.2) is 0 Å². The molecule has 3 rings (SSSR count). The number of aliphatic imine (C=N–C) groups is 1. The van der Waals surface area contributed by atoms with E-state index in [9.17, 15) is 0 Å². The van der Waals surface area contributed by atoms with Gasteiger partial charge < -0.3 is 4.90 Å². The molecule has 1 atom stereocenters. The predicted octanol–water partition coefficient (Wildman–Crippen LogP) is 5.85. The third-order valence-corrected chi connectivity index (χ3v) is 4.97. The maximum Gasteiger partial charge on any atom is 0.0691 e. The average molecular weight is 345 g/mol. The van der Waals surface area contributed by atoms with Gasteiger partial charge in [-0.3, -0.25) is 4.99 Å². The van der Waals surface area contributed by atoms with E-state index >= 15 is 0 Å². The molecule has 0 saturated heterocycles. The van der Waals surface area contributed by atoms with Gasteiger partial charge in [-0.1, -0.05) is 48.0 Å². The van der Waals surface area contributed by atoms with Crippen molar-refractivity contribution >= 4 is 11.4 Å². The Bertz CT molecular complexity index is 891. The Morgan fingerprint density at radius 1 is 1.00 bits per heavy atom. The Morgan fingerprint density at radius 3 is 2.27 bits per heavy atom. The van der Waals surface area contributed by atoms with Crippen LogP contribution in [0.5, 0.6) is 0 Å². The van der Waals surface area contributed by atoms with Gasteiger partial charge in [-0.05, 0) is 62.1 Å². The average Bonchev–Trinajstić information content (AvgIpc) is 3.08. The fourth-order valence-corrected chi connectivity index (χ4v) is 3.68. The van der Waals surface area contributed by atoms with Gasteiger partial charge in [-0.2, -0.15) is 0 Å². The van der Waals surface area contributed by atoms with Crippen LogP contribution >= 0.6 is 0 Å². The SMILES string of the molecule is CC(=Nc1c(C)cc(C)cc1C)c1ccccc1C1C=CC(N(C)C)=C1. The highest BCUT2D eigenvalue weighted by molar-refractivity contribution is 6.02. The van der Waals surface area contributed by atoms with Crippen molar-refractivity contribution < 1.29 is 0 Å². The number of likely N-dealkylation sites (N-methyl/N-ethyl adjacent to an activating group) is 1. The van der Waals surface area contributed by atoms with Crippen LogP contribution in [0.2, 0.25) is 0 Å². The normalized spacial score (nSPS) is 16.8. The quantitative estimate of drug-likeness (QED) is 0.635. The second-order valence-electron chi connectivity index (χ2n) is 7.40. The summed E-state index contributed by atoms with van der Waals surface area (Å²) < 4.78 is 0. The first kappa shape index (κ1) is 18.2. The molecule has 0 aromatic heterocycles. The first-order chi connectivity index (χ1) is 12.4. The minimum Gasteiger partial charge on any atom is -0.378 e. The molecule has 0 fully saturated rings. The lowest BCUT2D eigenvalue weighted by molar-refractivity contribution is 0.530. The van der Waals surface area contributed by atoms with Crippen molar-refractivity contribution in [3.63, 3.8) is 0 Å². The molecule has 0 saturated carbocycles. The minimum absolute atomic E-state index is 0.300.